The van der Waals surface area contributed by atoms with Crippen molar-refractivity contribution < 1.29 is 9.90 Å². The standard InChI is InChI=1S/C11H21NO2/c1-8-2-4-9(5-3-8)10(12)6-7-11(13)14/h8-10H,2-7,12H2,1H3,(H,13,14). The van der Waals surface area contributed by atoms with Gasteiger partial charge in [-0.2, -0.15) is 0 Å². The van der Waals surface area contributed by atoms with Gasteiger partial charge in [-0.05, 0) is 31.1 Å². The SMILES string of the molecule is CC1CCC(C(N)CCC(=O)O)CC1. The number of hydrogen-bond acceptors (Lipinski definition) is 2. The molecule has 0 aromatic carbocycles. The van der Waals surface area contributed by atoms with E-state index in [0.29, 0.717) is 12.3 Å². The van der Waals surface area contributed by atoms with Gasteiger partial charge < -0.3 is 10.8 Å². The maximum atomic E-state index is 10.4. The number of rotatable bonds is 4. The van der Waals surface area contributed by atoms with Crippen LogP contribution in [0, 0.1) is 11.8 Å². The average Bonchev–Trinajstić information content (AvgIpc) is 2.15. The van der Waals surface area contributed by atoms with E-state index >= 15 is 0 Å². The maximum Gasteiger partial charge on any atom is 0.303 e. The molecule has 0 amide bonds. The summed E-state index contributed by atoms with van der Waals surface area (Å²) in [6.45, 7) is 2.28. The van der Waals surface area contributed by atoms with E-state index in [-0.39, 0.29) is 12.5 Å². The number of carboxylic acid groups (broad SMARTS) is 1. The Labute approximate surface area is 85.7 Å². The Morgan fingerprint density at radius 3 is 2.50 bits per heavy atom. The summed E-state index contributed by atoms with van der Waals surface area (Å²) in [4.78, 5) is 10.4. The molecular weight excluding hydrogens is 178 g/mol. The third kappa shape index (κ3) is 3.66. The first-order chi connectivity index (χ1) is 6.59. The van der Waals surface area contributed by atoms with Crippen molar-refractivity contribution in [3.8, 4) is 0 Å². The van der Waals surface area contributed by atoms with Gasteiger partial charge in [0, 0.05) is 12.5 Å². The zero-order valence-corrected chi connectivity index (χ0v) is 8.91. The van der Waals surface area contributed by atoms with Gasteiger partial charge in [0.25, 0.3) is 0 Å². The van der Waals surface area contributed by atoms with Crippen molar-refractivity contribution in [1.29, 1.82) is 0 Å². The van der Waals surface area contributed by atoms with Crippen molar-refractivity contribution in [2.24, 2.45) is 17.6 Å². The quantitative estimate of drug-likeness (QED) is 0.728. The minimum absolute atomic E-state index is 0.0959. The molecule has 1 unspecified atom stereocenters. The highest BCUT2D eigenvalue weighted by atomic mass is 16.4. The number of aliphatic carboxylic acids is 1. The van der Waals surface area contributed by atoms with Crippen LogP contribution in [0.5, 0.6) is 0 Å². The number of nitrogens with two attached hydrogens (primary N) is 1. The fourth-order valence-electron chi connectivity index (χ4n) is 2.24. The molecular formula is C11H21NO2. The summed E-state index contributed by atoms with van der Waals surface area (Å²) in [7, 11) is 0. The molecule has 0 radical (unpaired) electrons. The monoisotopic (exact) mass is 199 g/mol. The summed E-state index contributed by atoms with van der Waals surface area (Å²) < 4.78 is 0. The molecule has 3 N–H and O–H groups in total. The zero-order valence-electron chi connectivity index (χ0n) is 8.91. The molecule has 1 saturated carbocycles. The predicted octanol–water partition coefficient (Wildman–Crippen LogP) is 2.00. The van der Waals surface area contributed by atoms with E-state index in [9.17, 15) is 4.79 Å². The van der Waals surface area contributed by atoms with Crippen LogP contribution in [-0.4, -0.2) is 17.1 Å². The molecule has 3 heteroatoms. The van der Waals surface area contributed by atoms with E-state index in [2.05, 4.69) is 6.92 Å². The van der Waals surface area contributed by atoms with Gasteiger partial charge in [0.05, 0.1) is 0 Å². The molecule has 1 aliphatic rings. The zero-order chi connectivity index (χ0) is 10.6. The predicted molar refractivity (Wildman–Crippen MR) is 56.0 cm³/mol. The van der Waals surface area contributed by atoms with E-state index in [1.165, 1.54) is 25.7 Å². The highest BCUT2D eigenvalue weighted by Gasteiger charge is 2.23. The van der Waals surface area contributed by atoms with E-state index in [1.54, 1.807) is 0 Å². The first-order valence-corrected chi connectivity index (χ1v) is 5.57. The minimum Gasteiger partial charge on any atom is -0.481 e. The Kier molecular flexibility index (Phi) is 4.39. The van der Waals surface area contributed by atoms with Gasteiger partial charge >= 0.3 is 5.97 Å². The number of carboxylic acids is 1. The molecule has 0 bridgehead atoms. The Balaban J connectivity index is 2.23. The molecule has 1 aliphatic carbocycles. The highest BCUT2D eigenvalue weighted by Crippen LogP contribution is 2.30. The van der Waals surface area contributed by atoms with Crippen LogP contribution in [0.25, 0.3) is 0 Å². The smallest absolute Gasteiger partial charge is 0.303 e. The van der Waals surface area contributed by atoms with E-state index in [0.717, 1.165) is 5.92 Å². The second kappa shape index (κ2) is 5.35. The third-order valence-corrected chi connectivity index (χ3v) is 3.36. The average molecular weight is 199 g/mol. The molecule has 0 saturated heterocycles. The van der Waals surface area contributed by atoms with Crippen molar-refractivity contribution in [1.82, 2.24) is 0 Å². The molecule has 14 heavy (non-hydrogen) atoms. The van der Waals surface area contributed by atoms with E-state index in [4.69, 9.17) is 10.8 Å². The summed E-state index contributed by atoms with van der Waals surface area (Å²) in [6, 6.07) is 0.0959. The molecule has 0 heterocycles. The largest absolute Gasteiger partial charge is 0.481 e. The Bertz CT molecular complexity index is 186. The van der Waals surface area contributed by atoms with Crippen LogP contribution >= 0.6 is 0 Å². The topological polar surface area (TPSA) is 63.3 Å². The third-order valence-electron chi connectivity index (χ3n) is 3.36. The Hall–Kier alpha value is -0.570. The second-order valence-corrected chi connectivity index (χ2v) is 4.62. The van der Waals surface area contributed by atoms with Gasteiger partial charge in [-0.15, -0.1) is 0 Å². The van der Waals surface area contributed by atoms with Gasteiger partial charge in [-0.1, -0.05) is 19.8 Å². The maximum absolute atomic E-state index is 10.4. The molecule has 0 aromatic heterocycles. The van der Waals surface area contributed by atoms with Crippen molar-refractivity contribution in [3.63, 3.8) is 0 Å². The van der Waals surface area contributed by atoms with Gasteiger partial charge in [0.2, 0.25) is 0 Å². The van der Waals surface area contributed by atoms with E-state index < -0.39 is 5.97 Å². The molecule has 0 aromatic rings. The van der Waals surface area contributed by atoms with Crippen molar-refractivity contribution in [3.05, 3.63) is 0 Å². The Morgan fingerprint density at radius 1 is 1.43 bits per heavy atom. The van der Waals surface area contributed by atoms with Crippen LogP contribution in [0.2, 0.25) is 0 Å². The van der Waals surface area contributed by atoms with Crippen LogP contribution in [0.15, 0.2) is 0 Å². The number of carbonyl (C=O) groups is 1. The molecule has 1 fully saturated rings. The summed E-state index contributed by atoms with van der Waals surface area (Å²) in [5.74, 6) is 0.660. The summed E-state index contributed by atoms with van der Waals surface area (Å²) >= 11 is 0. The number of hydrogen-bond donors (Lipinski definition) is 2. The van der Waals surface area contributed by atoms with E-state index in [1.807, 2.05) is 0 Å². The normalized spacial score (nSPS) is 29.9. The molecule has 1 rings (SSSR count). The second-order valence-electron chi connectivity index (χ2n) is 4.62. The van der Waals surface area contributed by atoms with Gasteiger partial charge in [0.1, 0.15) is 0 Å². The van der Waals surface area contributed by atoms with Crippen molar-refractivity contribution in [2.75, 3.05) is 0 Å². The summed E-state index contributed by atoms with van der Waals surface area (Å²) in [5, 5.41) is 8.55. The van der Waals surface area contributed by atoms with Gasteiger partial charge in [0.15, 0.2) is 0 Å². The summed E-state index contributed by atoms with van der Waals surface area (Å²) in [5.41, 5.74) is 5.98. The lowest BCUT2D eigenvalue weighted by Crippen LogP contribution is -2.33. The van der Waals surface area contributed by atoms with Crippen molar-refractivity contribution in [2.45, 2.75) is 51.5 Å². The fourth-order valence-corrected chi connectivity index (χ4v) is 2.24. The molecule has 1 atom stereocenters. The van der Waals surface area contributed by atoms with Gasteiger partial charge in [-0.25, -0.2) is 0 Å². The van der Waals surface area contributed by atoms with Crippen LogP contribution in [0.4, 0.5) is 0 Å². The fraction of sp³-hybridized carbons (Fsp3) is 0.909. The lowest BCUT2D eigenvalue weighted by Gasteiger charge is -2.30. The van der Waals surface area contributed by atoms with Crippen LogP contribution in [0.1, 0.15) is 45.4 Å². The van der Waals surface area contributed by atoms with Crippen LogP contribution in [0.3, 0.4) is 0 Å². The first-order valence-electron chi connectivity index (χ1n) is 5.57. The van der Waals surface area contributed by atoms with Crippen LogP contribution in [-0.2, 0) is 4.79 Å². The van der Waals surface area contributed by atoms with Crippen molar-refractivity contribution >= 4 is 5.97 Å². The minimum atomic E-state index is -0.732. The van der Waals surface area contributed by atoms with Crippen LogP contribution < -0.4 is 5.73 Å². The lowest BCUT2D eigenvalue weighted by molar-refractivity contribution is -0.137. The highest BCUT2D eigenvalue weighted by molar-refractivity contribution is 5.66. The molecule has 0 spiro atoms. The Morgan fingerprint density at radius 2 is 2.00 bits per heavy atom. The first kappa shape index (κ1) is 11.5. The molecule has 0 aliphatic heterocycles. The molecule has 82 valence electrons. The summed E-state index contributed by atoms with van der Waals surface area (Å²) in [6.07, 6.45) is 5.72. The lowest BCUT2D eigenvalue weighted by atomic mass is 9.78. The molecule has 3 nitrogen and oxygen atoms in total. The van der Waals surface area contributed by atoms with Gasteiger partial charge in [-0.3, -0.25) is 4.79 Å².